The standard InChI is InChI=1S/C11H13N5O4S/c17-7(11(19)20)3-4-12-9(18)6-16-14-10(13-15-16)8-2-1-5-21-8/h1-2,5,7,17H,3-4,6H2,(H,12,18)(H,19,20). The zero-order chi connectivity index (χ0) is 15.2. The average Bonchev–Trinajstić information content (AvgIpc) is 3.08. The van der Waals surface area contributed by atoms with Crippen molar-refractivity contribution >= 4 is 23.2 Å². The monoisotopic (exact) mass is 311 g/mol. The number of nitrogens with one attached hydrogen (secondary N) is 1. The third kappa shape index (κ3) is 4.33. The first-order valence-electron chi connectivity index (χ1n) is 6.05. The number of aliphatic carboxylic acids is 1. The van der Waals surface area contributed by atoms with Gasteiger partial charge in [-0.2, -0.15) is 4.80 Å². The quantitative estimate of drug-likeness (QED) is 0.619. The summed E-state index contributed by atoms with van der Waals surface area (Å²) in [5, 5.41) is 33.6. The average molecular weight is 311 g/mol. The number of aromatic nitrogens is 4. The van der Waals surface area contributed by atoms with E-state index in [4.69, 9.17) is 10.2 Å². The van der Waals surface area contributed by atoms with E-state index >= 15 is 0 Å². The van der Waals surface area contributed by atoms with Crippen molar-refractivity contribution in [3.05, 3.63) is 17.5 Å². The number of carboxylic acid groups (broad SMARTS) is 1. The van der Waals surface area contributed by atoms with E-state index in [1.807, 2.05) is 17.5 Å². The zero-order valence-corrected chi connectivity index (χ0v) is 11.7. The van der Waals surface area contributed by atoms with Crippen molar-refractivity contribution in [2.24, 2.45) is 0 Å². The lowest BCUT2D eigenvalue weighted by Crippen LogP contribution is -2.32. The lowest BCUT2D eigenvalue weighted by atomic mass is 10.2. The van der Waals surface area contributed by atoms with Crippen molar-refractivity contribution < 1.29 is 19.8 Å². The molecule has 0 saturated carbocycles. The maximum Gasteiger partial charge on any atom is 0.332 e. The molecule has 0 saturated heterocycles. The molecule has 1 unspecified atom stereocenters. The minimum absolute atomic E-state index is 0.0543. The molecule has 1 atom stereocenters. The zero-order valence-electron chi connectivity index (χ0n) is 10.8. The van der Waals surface area contributed by atoms with Crippen LogP contribution in [-0.2, 0) is 16.1 Å². The van der Waals surface area contributed by atoms with Gasteiger partial charge in [-0.25, -0.2) is 4.79 Å². The molecule has 2 aromatic rings. The summed E-state index contributed by atoms with van der Waals surface area (Å²) in [5.41, 5.74) is 0. The van der Waals surface area contributed by atoms with Crippen LogP contribution in [0.4, 0.5) is 0 Å². The van der Waals surface area contributed by atoms with E-state index in [0.717, 1.165) is 9.67 Å². The van der Waals surface area contributed by atoms with Gasteiger partial charge in [-0.15, -0.1) is 21.5 Å². The summed E-state index contributed by atoms with van der Waals surface area (Å²) in [7, 11) is 0. The maximum absolute atomic E-state index is 11.6. The normalized spacial score (nSPS) is 12.0. The van der Waals surface area contributed by atoms with Crippen LogP contribution in [0.25, 0.3) is 10.7 Å². The Morgan fingerprint density at radius 2 is 2.29 bits per heavy atom. The van der Waals surface area contributed by atoms with Gasteiger partial charge in [-0.1, -0.05) is 6.07 Å². The molecular weight excluding hydrogens is 298 g/mol. The van der Waals surface area contributed by atoms with Crippen LogP contribution < -0.4 is 5.32 Å². The van der Waals surface area contributed by atoms with Gasteiger partial charge in [0.25, 0.3) is 0 Å². The number of carbonyl (C=O) groups excluding carboxylic acids is 1. The first-order chi connectivity index (χ1) is 10.1. The summed E-state index contributed by atoms with van der Waals surface area (Å²) in [6, 6.07) is 3.71. The van der Waals surface area contributed by atoms with Crippen molar-refractivity contribution in [2.45, 2.75) is 19.1 Å². The fourth-order valence-electron chi connectivity index (χ4n) is 1.47. The van der Waals surface area contributed by atoms with E-state index in [0.29, 0.717) is 5.82 Å². The Labute approximate surface area is 123 Å². The molecule has 0 aliphatic rings. The van der Waals surface area contributed by atoms with E-state index in [1.54, 1.807) is 0 Å². The number of hydrogen-bond donors (Lipinski definition) is 3. The highest BCUT2D eigenvalue weighted by molar-refractivity contribution is 7.13. The molecule has 10 heteroatoms. The summed E-state index contributed by atoms with van der Waals surface area (Å²) in [6.45, 7) is -0.0691. The second-order valence-electron chi connectivity index (χ2n) is 4.11. The number of carbonyl (C=O) groups is 2. The summed E-state index contributed by atoms with van der Waals surface area (Å²) >= 11 is 1.47. The number of amides is 1. The Kier molecular flexibility index (Phi) is 4.95. The van der Waals surface area contributed by atoms with E-state index in [9.17, 15) is 9.59 Å². The fraction of sp³-hybridized carbons (Fsp3) is 0.364. The molecule has 1 amide bonds. The largest absolute Gasteiger partial charge is 0.479 e. The number of tetrazole rings is 1. The molecule has 9 nitrogen and oxygen atoms in total. The highest BCUT2D eigenvalue weighted by Crippen LogP contribution is 2.19. The number of rotatable bonds is 7. The predicted molar refractivity (Wildman–Crippen MR) is 72.4 cm³/mol. The van der Waals surface area contributed by atoms with Crippen molar-refractivity contribution in [3.63, 3.8) is 0 Å². The first kappa shape index (κ1) is 15.1. The lowest BCUT2D eigenvalue weighted by molar-refractivity contribution is -0.147. The molecule has 0 aliphatic heterocycles. The molecule has 21 heavy (non-hydrogen) atoms. The topological polar surface area (TPSA) is 130 Å². The van der Waals surface area contributed by atoms with Crippen molar-refractivity contribution in [2.75, 3.05) is 6.54 Å². The van der Waals surface area contributed by atoms with Crippen molar-refractivity contribution in [1.82, 2.24) is 25.5 Å². The second-order valence-corrected chi connectivity index (χ2v) is 5.06. The van der Waals surface area contributed by atoms with Crippen LogP contribution in [0.3, 0.4) is 0 Å². The van der Waals surface area contributed by atoms with Gasteiger partial charge in [0.2, 0.25) is 11.7 Å². The molecule has 2 heterocycles. The molecule has 0 bridgehead atoms. The molecule has 0 radical (unpaired) electrons. The van der Waals surface area contributed by atoms with Gasteiger partial charge in [-0.05, 0) is 16.7 Å². The van der Waals surface area contributed by atoms with E-state index in [-0.39, 0.29) is 25.4 Å². The van der Waals surface area contributed by atoms with Gasteiger partial charge in [0.15, 0.2) is 6.10 Å². The van der Waals surface area contributed by atoms with Gasteiger partial charge < -0.3 is 15.5 Å². The molecule has 0 aliphatic carbocycles. The fourth-order valence-corrected chi connectivity index (χ4v) is 2.12. The van der Waals surface area contributed by atoms with Crippen LogP contribution in [0.2, 0.25) is 0 Å². The van der Waals surface area contributed by atoms with Gasteiger partial charge in [0, 0.05) is 13.0 Å². The van der Waals surface area contributed by atoms with Crippen molar-refractivity contribution in [1.29, 1.82) is 0 Å². The number of aliphatic hydroxyl groups is 1. The highest BCUT2D eigenvalue weighted by Gasteiger charge is 2.14. The number of thiophene rings is 1. The summed E-state index contributed by atoms with van der Waals surface area (Å²) in [6.07, 6.45) is -1.55. The molecule has 0 spiro atoms. The first-order valence-corrected chi connectivity index (χ1v) is 6.93. The summed E-state index contributed by atoms with van der Waals surface area (Å²) < 4.78 is 0. The van der Waals surface area contributed by atoms with E-state index in [2.05, 4.69) is 20.7 Å². The van der Waals surface area contributed by atoms with Crippen molar-refractivity contribution in [3.8, 4) is 10.7 Å². The SMILES string of the molecule is O=C(Cn1nnc(-c2cccs2)n1)NCCC(O)C(=O)O. The Morgan fingerprint density at radius 3 is 2.95 bits per heavy atom. The smallest absolute Gasteiger partial charge is 0.332 e. The molecule has 2 aromatic heterocycles. The van der Waals surface area contributed by atoms with Gasteiger partial charge in [0.1, 0.15) is 6.54 Å². The molecule has 3 N–H and O–H groups in total. The Balaban J connectivity index is 1.79. The maximum atomic E-state index is 11.6. The van der Waals surface area contributed by atoms with Crippen LogP contribution in [0.5, 0.6) is 0 Å². The molecule has 112 valence electrons. The van der Waals surface area contributed by atoms with Gasteiger partial charge in [-0.3, -0.25) is 4.79 Å². The molecule has 2 rings (SSSR count). The predicted octanol–water partition coefficient (Wildman–Crippen LogP) is -0.647. The highest BCUT2D eigenvalue weighted by atomic mass is 32.1. The minimum atomic E-state index is -1.49. The minimum Gasteiger partial charge on any atom is -0.479 e. The van der Waals surface area contributed by atoms with Gasteiger partial charge >= 0.3 is 5.97 Å². The molecule has 0 fully saturated rings. The molecule has 0 aromatic carbocycles. The van der Waals surface area contributed by atoms with Crippen LogP contribution in [0.1, 0.15) is 6.42 Å². The van der Waals surface area contributed by atoms with Crippen LogP contribution in [0.15, 0.2) is 17.5 Å². The Bertz CT molecular complexity index is 612. The number of aliphatic hydroxyl groups excluding tert-OH is 1. The number of carboxylic acids is 1. The third-order valence-corrected chi connectivity index (χ3v) is 3.37. The number of hydrogen-bond acceptors (Lipinski definition) is 7. The summed E-state index contributed by atoms with van der Waals surface area (Å²) in [4.78, 5) is 24.0. The van der Waals surface area contributed by atoms with Crippen LogP contribution >= 0.6 is 11.3 Å². The van der Waals surface area contributed by atoms with Crippen LogP contribution in [-0.4, -0.2) is 54.9 Å². The lowest BCUT2D eigenvalue weighted by Gasteiger charge is -2.06. The van der Waals surface area contributed by atoms with Gasteiger partial charge in [0.05, 0.1) is 4.88 Å². The Hall–Kier alpha value is -2.33. The third-order valence-electron chi connectivity index (χ3n) is 2.50. The van der Waals surface area contributed by atoms with E-state index < -0.39 is 12.1 Å². The Morgan fingerprint density at radius 1 is 1.48 bits per heavy atom. The second kappa shape index (κ2) is 6.90. The number of nitrogens with zero attached hydrogens (tertiary/aromatic N) is 4. The summed E-state index contributed by atoms with van der Waals surface area (Å²) in [5.74, 6) is -1.26. The van der Waals surface area contributed by atoms with E-state index in [1.165, 1.54) is 11.3 Å². The van der Waals surface area contributed by atoms with Crippen LogP contribution in [0, 0.1) is 0 Å². The molecular formula is C11H13N5O4S.